The van der Waals surface area contributed by atoms with Crippen molar-refractivity contribution < 1.29 is 45.8 Å². The number of rotatable bonds is 4. The van der Waals surface area contributed by atoms with Crippen molar-refractivity contribution in [3.63, 3.8) is 0 Å². The fraction of sp³-hybridized carbons (Fsp3) is 0.111. The zero-order chi connectivity index (χ0) is 18.0. The summed E-state index contributed by atoms with van der Waals surface area (Å²) < 4.78 is 28.9. The first-order valence-corrected chi connectivity index (χ1v) is 7.48. The Morgan fingerprint density at radius 2 is 1.81 bits per heavy atom. The molecule has 0 aliphatic carbocycles. The number of fused-ring (bicyclic) bond motifs is 1. The number of hydrogen-bond donors (Lipinski definition) is 1. The van der Waals surface area contributed by atoms with Gasteiger partial charge in [0.1, 0.15) is 29.2 Å². The predicted octanol–water partition coefficient (Wildman–Crippen LogP) is -0.736. The minimum Gasteiger partial charge on any atom is -1.00 e. The zero-order valence-corrected chi connectivity index (χ0v) is 15.3. The molecule has 3 aromatic rings. The van der Waals surface area contributed by atoms with Gasteiger partial charge in [0.2, 0.25) is 11.2 Å². The van der Waals surface area contributed by atoms with Crippen LogP contribution < -0.4 is 37.6 Å². The molecule has 136 valence electrons. The van der Waals surface area contributed by atoms with Crippen LogP contribution in [0.2, 0.25) is 0 Å². The van der Waals surface area contributed by atoms with Gasteiger partial charge in [0.15, 0.2) is 6.04 Å². The van der Waals surface area contributed by atoms with E-state index in [-0.39, 0.29) is 39.4 Å². The average Bonchev–Trinajstić information content (AvgIpc) is 2.59. The van der Waals surface area contributed by atoms with Gasteiger partial charge < -0.3 is 36.6 Å². The lowest BCUT2D eigenvalue weighted by molar-refractivity contribution is -0.401. The molecule has 0 aliphatic rings. The molecule has 3 N–H and O–H groups in total. The van der Waals surface area contributed by atoms with Gasteiger partial charge in [-0.25, -0.2) is 9.18 Å². The van der Waals surface area contributed by atoms with E-state index < -0.39 is 23.3 Å². The van der Waals surface area contributed by atoms with E-state index in [2.05, 4.69) is 5.73 Å². The highest BCUT2D eigenvalue weighted by Gasteiger charge is 2.15. The Balaban J connectivity index is 0.00000243. The maximum atomic E-state index is 12.9. The molecule has 0 saturated carbocycles. The van der Waals surface area contributed by atoms with Crippen molar-refractivity contribution in [1.82, 2.24) is 0 Å². The van der Waals surface area contributed by atoms with E-state index in [9.17, 15) is 14.0 Å². The van der Waals surface area contributed by atoms with Crippen LogP contribution in [0.1, 0.15) is 6.92 Å². The summed E-state index contributed by atoms with van der Waals surface area (Å²) in [7, 11) is 0. The fourth-order valence-electron chi connectivity index (χ4n) is 2.07. The summed E-state index contributed by atoms with van der Waals surface area (Å²) in [5.74, 6) is -0.365. The van der Waals surface area contributed by atoms with Gasteiger partial charge in [-0.05, 0) is 43.3 Å². The molecule has 0 unspecified atom stereocenters. The van der Waals surface area contributed by atoms with Gasteiger partial charge >= 0.3 is 5.97 Å². The first-order valence-electron chi connectivity index (χ1n) is 7.48. The van der Waals surface area contributed by atoms with Crippen LogP contribution in [-0.2, 0) is 4.79 Å². The Kier molecular flexibility index (Phi) is 6.12. The maximum absolute atomic E-state index is 12.9. The van der Waals surface area contributed by atoms with Crippen LogP contribution in [0, 0.1) is 5.82 Å². The molecule has 0 aliphatic heterocycles. The SMILES string of the molecule is C[C@@H]([NH3+])C(=O)Oc1ccc2c(=O)c(Oc3ccc(F)cc3)coc2c1.[Br-]. The summed E-state index contributed by atoms with van der Waals surface area (Å²) in [6, 6.07) is 9.15. The zero-order valence-electron chi connectivity index (χ0n) is 13.7. The van der Waals surface area contributed by atoms with Crippen molar-refractivity contribution in [2.24, 2.45) is 0 Å². The summed E-state index contributed by atoms with van der Waals surface area (Å²) in [6.07, 6.45) is 1.16. The van der Waals surface area contributed by atoms with Gasteiger partial charge in [0.05, 0.1) is 5.39 Å². The monoisotopic (exact) mass is 423 g/mol. The second-order valence-corrected chi connectivity index (χ2v) is 5.47. The number of carbonyl (C=O) groups is 1. The van der Waals surface area contributed by atoms with E-state index in [4.69, 9.17) is 13.9 Å². The highest BCUT2D eigenvalue weighted by molar-refractivity contribution is 5.81. The molecule has 0 radical (unpaired) electrons. The molecule has 0 spiro atoms. The van der Waals surface area contributed by atoms with E-state index >= 15 is 0 Å². The largest absolute Gasteiger partial charge is 1.00 e. The van der Waals surface area contributed by atoms with Crippen molar-refractivity contribution in [2.45, 2.75) is 13.0 Å². The average molecular weight is 424 g/mol. The first-order chi connectivity index (χ1) is 11.9. The van der Waals surface area contributed by atoms with E-state index in [0.717, 1.165) is 6.26 Å². The molecule has 0 amide bonds. The molecule has 1 heterocycles. The van der Waals surface area contributed by atoms with Gasteiger partial charge in [0, 0.05) is 6.07 Å². The number of esters is 1. The van der Waals surface area contributed by atoms with Crippen molar-refractivity contribution in [3.05, 3.63) is 64.8 Å². The van der Waals surface area contributed by atoms with Crippen LogP contribution in [0.5, 0.6) is 17.2 Å². The van der Waals surface area contributed by atoms with Crippen molar-refractivity contribution in [2.75, 3.05) is 0 Å². The van der Waals surface area contributed by atoms with E-state index in [1.165, 1.54) is 42.5 Å². The third-order valence-electron chi connectivity index (χ3n) is 3.38. The quantitative estimate of drug-likeness (QED) is 0.440. The van der Waals surface area contributed by atoms with E-state index in [1.54, 1.807) is 6.92 Å². The number of halogens is 2. The van der Waals surface area contributed by atoms with Crippen LogP contribution in [-0.4, -0.2) is 12.0 Å². The maximum Gasteiger partial charge on any atom is 0.369 e. The van der Waals surface area contributed by atoms with Crippen LogP contribution in [0.15, 0.2) is 57.9 Å². The molecule has 1 aromatic heterocycles. The Morgan fingerprint density at radius 1 is 1.15 bits per heavy atom. The number of benzene rings is 2. The molecule has 0 saturated heterocycles. The second-order valence-electron chi connectivity index (χ2n) is 5.47. The van der Waals surface area contributed by atoms with Crippen LogP contribution >= 0.6 is 0 Å². The third kappa shape index (κ3) is 4.27. The van der Waals surface area contributed by atoms with Gasteiger partial charge in [-0.15, -0.1) is 0 Å². The number of ether oxygens (including phenoxy) is 2. The molecular formula is C18H15BrFNO5. The lowest BCUT2D eigenvalue weighted by Crippen LogP contribution is -3.00. The standard InChI is InChI=1S/C18H14FNO5.BrH/c1-10(20)18(22)25-13-6-7-14-15(8-13)23-9-16(17(14)21)24-12-4-2-11(19)3-5-12;/h2-10H,20H2,1H3;1H/t10-;/m1./s1. The number of carbonyl (C=O) groups excluding carboxylic acids is 1. The van der Waals surface area contributed by atoms with Gasteiger partial charge in [-0.1, -0.05) is 0 Å². The van der Waals surface area contributed by atoms with E-state index in [0.29, 0.717) is 5.75 Å². The number of hydrogen-bond acceptors (Lipinski definition) is 5. The smallest absolute Gasteiger partial charge is 0.369 e. The second kappa shape index (κ2) is 8.11. The third-order valence-corrected chi connectivity index (χ3v) is 3.38. The molecule has 1 atom stereocenters. The Morgan fingerprint density at radius 3 is 2.46 bits per heavy atom. The highest BCUT2D eigenvalue weighted by atomic mass is 79.9. The van der Waals surface area contributed by atoms with Gasteiger partial charge in [-0.3, -0.25) is 4.79 Å². The van der Waals surface area contributed by atoms with Crippen molar-refractivity contribution in [1.29, 1.82) is 0 Å². The normalized spacial score (nSPS) is 11.5. The van der Waals surface area contributed by atoms with Crippen LogP contribution in [0.25, 0.3) is 11.0 Å². The molecular weight excluding hydrogens is 409 g/mol. The van der Waals surface area contributed by atoms with E-state index in [1.807, 2.05) is 0 Å². The lowest BCUT2D eigenvalue weighted by atomic mass is 10.2. The fourth-order valence-corrected chi connectivity index (χ4v) is 2.07. The minimum atomic E-state index is -0.519. The number of quaternary nitrogens is 1. The Labute approximate surface area is 158 Å². The summed E-state index contributed by atoms with van der Waals surface area (Å²) in [5, 5.41) is 0.266. The molecule has 0 fully saturated rings. The molecule has 6 nitrogen and oxygen atoms in total. The first kappa shape index (κ1) is 19.6. The predicted molar refractivity (Wildman–Crippen MR) is 86.9 cm³/mol. The van der Waals surface area contributed by atoms with Gasteiger partial charge in [0.25, 0.3) is 0 Å². The molecule has 3 rings (SSSR count). The minimum absolute atomic E-state index is 0. The summed E-state index contributed by atoms with van der Waals surface area (Å²) in [6.45, 7) is 1.61. The Hall–Kier alpha value is -2.71. The highest BCUT2D eigenvalue weighted by Crippen LogP contribution is 2.24. The summed E-state index contributed by atoms with van der Waals surface area (Å²) >= 11 is 0. The molecule has 26 heavy (non-hydrogen) atoms. The lowest BCUT2D eigenvalue weighted by Gasteiger charge is -2.07. The Bertz CT molecular complexity index is 985. The topological polar surface area (TPSA) is 93.4 Å². The molecule has 8 heteroatoms. The van der Waals surface area contributed by atoms with Crippen LogP contribution in [0.4, 0.5) is 4.39 Å². The summed E-state index contributed by atoms with van der Waals surface area (Å²) in [5.41, 5.74) is 3.43. The molecule has 2 aromatic carbocycles. The molecule has 0 bridgehead atoms. The summed E-state index contributed by atoms with van der Waals surface area (Å²) in [4.78, 5) is 24.0. The van der Waals surface area contributed by atoms with Crippen molar-refractivity contribution >= 4 is 16.9 Å². The van der Waals surface area contributed by atoms with Gasteiger partial charge in [-0.2, -0.15) is 0 Å². The van der Waals surface area contributed by atoms with Crippen LogP contribution in [0.3, 0.4) is 0 Å². The van der Waals surface area contributed by atoms with Crippen molar-refractivity contribution in [3.8, 4) is 17.2 Å².